The Kier molecular flexibility index (Phi) is 5.34. The minimum absolute atomic E-state index is 0.178. The lowest BCUT2D eigenvalue weighted by molar-refractivity contribution is 0.102. The number of piperazine rings is 1. The van der Waals surface area contributed by atoms with E-state index in [9.17, 15) is 4.79 Å². The summed E-state index contributed by atoms with van der Waals surface area (Å²) in [6.07, 6.45) is 5.16. The van der Waals surface area contributed by atoms with Crippen molar-refractivity contribution in [2.75, 3.05) is 41.3 Å². The van der Waals surface area contributed by atoms with E-state index in [1.165, 1.54) is 0 Å². The first kappa shape index (κ1) is 18.2. The number of anilines is 3. The quantitative estimate of drug-likeness (QED) is 0.733. The van der Waals surface area contributed by atoms with Gasteiger partial charge in [-0.3, -0.25) is 4.79 Å². The molecule has 1 aliphatic rings. The van der Waals surface area contributed by atoms with E-state index in [1.54, 1.807) is 48.9 Å². The van der Waals surface area contributed by atoms with Gasteiger partial charge in [0.25, 0.3) is 5.91 Å². The first-order chi connectivity index (χ1) is 13.7. The summed E-state index contributed by atoms with van der Waals surface area (Å²) in [4.78, 5) is 29.9. The number of pyridine rings is 1. The number of nitrogens with zero attached hydrogens (tertiary/aromatic N) is 5. The van der Waals surface area contributed by atoms with Crippen molar-refractivity contribution in [1.82, 2.24) is 15.0 Å². The minimum Gasteiger partial charge on any atom is -0.353 e. The minimum atomic E-state index is -0.178. The Bertz CT molecular complexity index is 942. The zero-order valence-electron chi connectivity index (χ0n) is 15.1. The van der Waals surface area contributed by atoms with E-state index in [0.29, 0.717) is 16.3 Å². The van der Waals surface area contributed by atoms with E-state index >= 15 is 0 Å². The van der Waals surface area contributed by atoms with Gasteiger partial charge < -0.3 is 15.1 Å². The van der Waals surface area contributed by atoms with Gasteiger partial charge in [0, 0.05) is 61.0 Å². The molecule has 7 nitrogen and oxygen atoms in total. The summed E-state index contributed by atoms with van der Waals surface area (Å²) in [7, 11) is 0. The molecular weight excluding hydrogens is 376 g/mol. The van der Waals surface area contributed by atoms with Crippen molar-refractivity contribution in [2.24, 2.45) is 0 Å². The highest BCUT2D eigenvalue weighted by atomic mass is 35.5. The Balaban J connectivity index is 1.41. The Labute approximate surface area is 168 Å². The van der Waals surface area contributed by atoms with Crippen LogP contribution in [0.1, 0.15) is 10.4 Å². The molecule has 2 aromatic heterocycles. The predicted octanol–water partition coefficient (Wildman–Crippen LogP) is 3.10. The maximum atomic E-state index is 12.6. The van der Waals surface area contributed by atoms with E-state index in [1.807, 2.05) is 12.1 Å². The second kappa shape index (κ2) is 8.22. The van der Waals surface area contributed by atoms with Crippen LogP contribution >= 0.6 is 11.6 Å². The molecule has 3 heterocycles. The van der Waals surface area contributed by atoms with Crippen molar-refractivity contribution in [3.05, 3.63) is 71.6 Å². The average molecular weight is 395 g/mol. The van der Waals surface area contributed by atoms with E-state index in [-0.39, 0.29) is 5.91 Å². The van der Waals surface area contributed by atoms with Crippen molar-refractivity contribution in [2.45, 2.75) is 0 Å². The Morgan fingerprint density at radius 1 is 0.893 bits per heavy atom. The van der Waals surface area contributed by atoms with Gasteiger partial charge in [0.1, 0.15) is 5.82 Å². The molecule has 1 fully saturated rings. The molecule has 0 aliphatic carbocycles. The van der Waals surface area contributed by atoms with Gasteiger partial charge in [0.15, 0.2) is 0 Å². The van der Waals surface area contributed by atoms with Gasteiger partial charge in [-0.1, -0.05) is 11.6 Å². The van der Waals surface area contributed by atoms with Gasteiger partial charge in [-0.05, 0) is 42.5 Å². The van der Waals surface area contributed by atoms with E-state index in [2.05, 4.69) is 30.1 Å². The van der Waals surface area contributed by atoms with Crippen molar-refractivity contribution in [1.29, 1.82) is 0 Å². The number of benzene rings is 1. The highest BCUT2D eigenvalue weighted by molar-refractivity contribution is 6.30. The topological polar surface area (TPSA) is 74.2 Å². The number of hydrogen-bond donors (Lipinski definition) is 1. The maximum absolute atomic E-state index is 12.6. The predicted molar refractivity (Wildman–Crippen MR) is 110 cm³/mol. The summed E-state index contributed by atoms with van der Waals surface area (Å²) in [6.45, 7) is 3.17. The average Bonchev–Trinajstić information content (AvgIpc) is 2.76. The fourth-order valence-corrected chi connectivity index (χ4v) is 3.19. The SMILES string of the molecule is O=C(Nc1ccc(Cl)cc1)c1ccnc(N2CCN(c3ncccn3)CC2)c1. The molecule has 0 saturated carbocycles. The fourth-order valence-electron chi connectivity index (χ4n) is 3.06. The number of carbonyl (C=O) groups excluding carboxylic acids is 1. The second-order valence-corrected chi connectivity index (χ2v) is 6.82. The fraction of sp³-hybridized carbons (Fsp3) is 0.200. The highest BCUT2D eigenvalue weighted by Gasteiger charge is 2.20. The van der Waals surface area contributed by atoms with E-state index < -0.39 is 0 Å². The van der Waals surface area contributed by atoms with Gasteiger partial charge in [-0.2, -0.15) is 0 Å². The summed E-state index contributed by atoms with van der Waals surface area (Å²) in [6, 6.07) is 12.4. The smallest absolute Gasteiger partial charge is 0.255 e. The van der Waals surface area contributed by atoms with Crippen molar-refractivity contribution in [3.63, 3.8) is 0 Å². The maximum Gasteiger partial charge on any atom is 0.255 e. The lowest BCUT2D eigenvalue weighted by Crippen LogP contribution is -2.47. The second-order valence-electron chi connectivity index (χ2n) is 6.39. The van der Waals surface area contributed by atoms with Gasteiger partial charge in [-0.25, -0.2) is 15.0 Å². The molecule has 142 valence electrons. The highest BCUT2D eigenvalue weighted by Crippen LogP contribution is 2.19. The number of halogens is 1. The van der Waals surface area contributed by atoms with Crippen molar-refractivity contribution >= 4 is 35.0 Å². The molecule has 0 bridgehead atoms. The van der Waals surface area contributed by atoms with Crippen molar-refractivity contribution in [3.8, 4) is 0 Å². The Morgan fingerprint density at radius 3 is 2.29 bits per heavy atom. The molecule has 1 N–H and O–H groups in total. The van der Waals surface area contributed by atoms with Crippen LogP contribution < -0.4 is 15.1 Å². The van der Waals surface area contributed by atoms with Crippen LogP contribution in [0.3, 0.4) is 0 Å². The largest absolute Gasteiger partial charge is 0.353 e. The van der Waals surface area contributed by atoms with Gasteiger partial charge in [0.05, 0.1) is 0 Å². The number of carbonyl (C=O) groups is 1. The normalized spacial score (nSPS) is 14.0. The Hall–Kier alpha value is -3.19. The van der Waals surface area contributed by atoms with Crippen LogP contribution in [0, 0.1) is 0 Å². The monoisotopic (exact) mass is 394 g/mol. The number of nitrogens with one attached hydrogen (secondary N) is 1. The molecule has 28 heavy (non-hydrogen) atoms. The summed E-state index contributed by atoms with van der Waals surface area (Å²) >= 11 is 5.88. The third-order valence-electron chi connectivity index (χ3n) is 4.55. The van der Waals surface area contributed by atoms with Gasteiger partial charge in [0.2, 0.25) is 5.95 Å². The summed E-state index contributed by atoms with van der Waals surface area (Å²) in [5.74, 6) is 1.35. The third-order valence-corrected chi connectivity index (χ3v) is 4.80. The molecule has 1 amide bonds. The van der Waals surface area contributed by atoms with Gasteiger partial charge in [-0.15, -0.1) is 0 Å². The van der Waals surface area contributed by atoms with Gasteiger partial charge >= 0.3 is 0 Å². The molecule has 0 unspecified atom stereocenters. The van der Waals surface area contributed by atoms with Crippen LogP contribution in [0.2, 0.25) is 5.02 Å². The zero-order chi connectivity index (χ0) is 19.3. The first-order valence-electron chi connectivity index (χ1n) is 8.99. The summed E-state index contributed by atoms with van der Waals surface area (Å²) in [5.41, 5.74) is 1.26. The first-order valence-corrected chi connectivity index (χ1v) is 9.37. The molecule has 8 heteroatoms. The molecule has 1 aliphatic heterocycles. The molecule has 0 radical (unpaired) electrons. The van der Waals surface area contributed by atoms with Crippen LogP contribution in [-0.2, 0) is 0 Å². The number of hydrogen-bond acceptors (Lipinski definition) is 6. The number of amides is 1. The lowest BCUT2D eigenvalue weighted by Gasteiger charge is -2.35. The molecule has 1 aromatic carbocycles. The number of aromatic nitrogens is 3. The molecule has 0 spiro atoms. The molecular formula is C20H19ClN6O. The van der Waals surface area contributed by atoms with Crippen LogP contribution in [0.4, 0.5) is 17.5 Å². The molecule has 0 atom stereocenters. The third kappa shape index (κ3) is 4.20. The lowest BCUT2D eigenvalue weighted by atomic mass is 10.2. The molecule has 3 aromatic rings. The summed E-state index contributed by atoms with van der Waals surface area (Å²) in [5, 5.41) is 3.50. The van der Waals surface area contributed by atoms with Crippen LogP contribution in [0.25, 0.3) is 0 Å². The van der Waals surface area contributed by atoms with Crippen molar-refractivity contribution < 1.29 is 4.79 Å². The zero-order valence-corrected chi connectivity index (χ0v) is 15.9. The summed E-state index contributed by atoms with van der Waals surface area (Å²) < 4.78 is 0. The van der Waals surface area contributed by atoms with Crippen LogP contribution in [0.15, 0.2) is 61.1 Å². The molecule has 4 rings (SSSR count). The standard InChI is InChI=1S/C20H19ClN6O/c21-16-2-4-17(5-3-16)25-19(28)15-6-9-22-18(14-15)26-10-12-27(13-11-26)20-23-7-1-8-24-20/h1-9,14H,10-13H2,(H,25,28). The van der Waals surface area contributed by atoms with Crippen LogP contribution in [0.5, 0.6) is 0 Å². The number of rotatable bonds is 4. The van der Waals surface area contributed by atoms with E-state index in [4.69, 9.17) is 11.6 Å². The Morgan fingerprint density at radius 2 is 1.57 bits per heavy atom. The van der Waals surface area contributed by atoms with Crippen LogP contribution in [-0.4, -0.2) is 47.0 Å². The van der Waals surface area contributed by atoms with E-state index in [0.717, 1.165) is 37.9 Å². The molecule has 1 saturated heterocycles.